The van der Waals surface area contributed by atoms with Crippen LogP contribution in [0.15, 0.2) is 0 Å². The number of methoxy groups -OCH3 is 2. The predicted octanol–water partition coefficient (Wildman–Crippen LogP) is 1.23. The van der Waals surface area contributed by atoms with Crippen LogP contribution in [0.25, 0.3) is 0 Å². The monoisotopic (exact) mass is 346 g/mol. The Bertz CT molecular complexity index is 431. The van der Waals surface area contributed by atoms with Gasteiger partial charge in [0.25, 0.3) is 0 Å². The number of rotatable bonds is 8. The van der Waals surface area contributed by atoms with Crippen molar-refractivity contribution in [2.45, 2.75) is 58.7 Å². The number of carbonyl (C=O) groups is 3. The van der Waals surface area contributed by atoms with Gasteiger partial charge in [-0.1, -0.05) is 13.8 Å². The highest BCUT2D eigenvalue weighted by Gasteiger charge is 2.29. The second-order valence-corrected chi connectivity index (χ2v) is 6.83. The zero-order chi connectivity index (χ0) is 18.9. The molecule has 8 heteroatoms. The van der Waals surface area contributed by atoms with Crippen molar-refractivity contribution in [1.82, 2.24) is 10.6 Å². The van der Waals surface area contributed by atoms with Gasteiger partial charge in [0.05, 0.1) is 14.2 Å². The Hall–Kier alpha value is -1.83. The number of hydrogen-bond acceptors (Lipinski definition) is 7. The van der Waals surface area contributed by atoms with Gasteiger partial charge in [-0.05, 0) is 33.1 Å². The second-order valence-electron chi connectivity index (χ2n) is 6.83. The summed E-state index contributed by atoms with van der Waals surface area (Å²) in [6.07, 6.45) is -0.177. The molecule has 0 aromatic heterocycles. The number of nitrogens with one attached hydrogen (secondary N) is 2. The predicted molar refractivity (Wildman–Crippen MR) is 88.4 cm³/mol. The summed E-state index contributed by atoms with van der Waals surface area (Å²) in [7, 11) is 2.52. The standard InChI is InChI=1S/C16H30N2O6/c1-10(2)8-11(13(19)22-6)18-12(14(20)23-7)9-17-15(21)24-16(3,4)5/h10-12,18H,8-9H2,1-7H3,(H,17,21)/t11-,12-/m0/s1. The van der Waals surface area contributed by atoms with Crippen LogP contribution in [0.5, 0.6) is 0 Å². The Morgan fingerprint density at radius 3 is 1.88 bits per heavy atom. The van der Waals surface area contributed by atoms with Crippen molar-refractivity contribution in [2.24, 2.45) is 5.92 Å². The third-order valence-corrected chi connectivity index (χ3v) is 2.93. The van der Waals surface area contributed by atoms with Crippen LogP contribution in [-0.4, -0.2) is 56.5 Å². The highest BCUT2D eigenvalue weighted by atomic mass is 16.6. The summed E-state index contributed by atoms with van der Waals surface area (Å²) in [4.78, 5) is 35.5. The van der Waals surface area contributed by atoms with Crippen molar-refractivity contribution in [2.75, 3.05) is 20.8 Å². The van der Waals surface area contributed by atoms with Crippen molar-refractivity contribution in [3.8, 4) is 0 Å². The molecule has 0 aliphatic rings. The third-order valence-electron chi connectivity index (χ3n) is 2.93. The van der Waals surface area contributed by atoms with Gasteiger partial charge in [0.2, 0.25) is 0 Å². The van der Waals surface area contributed by atoms with E-state index in [1.807, 2.05) is 13.8 Å². The molecule has 0 saturated carbocycles. The molecule has 0 aliphatic carbocycles. The molecule has 0 aromatic carbocycles. The van der Waals surface area contributed by atoms with E-state index in [2.05, 4.69) is 10.6 Å². The lowest BCUT2D eigenvalue weighted by Crippen LogP contribution is -2.53. The molecular weight excluding hydrogens is 316 g/mol. The second kappa shape index (κ2) is 10.1. The molecule has 0 fully saturated rings. The first-order valence-corrected chi connectivity index (χ1v) is 7.88. The minimum atomic E-state index is -0.898. The first-order chi connectivity index (χ1) is 11.0. The molecule has 0 aliphatic heterocycles. The molecule has 0 bridgehead atoms. The topological polar surface area (TPSA) is 103 Å². The van der Waals surface area contributed by atoms with Crippen molar-refractivity contribution in [3.05, 3.63) is 0 Å². The number of alkyl carbamates (subject to hydrolysis) is 1. The van der Waals surface area contributed by atoms with Crippen molar-refractivity contribution >= 4 is 18.0 Å². The zero-order valence-electron chi connectivity index (χ0n) is 15.6. The summed E-state index contributed by atoms with van der Waals surface area (Å²) in [5.41, 5.74) is -0.648. The molecular formula is C16H30N2O6. The van der Waals surface area contributed by atoms with E-state index in [1.54, 1.807) is 20.8 Å². The van der Waals surface area contributed by atoms with E-state index >= 15 is 0 Å². The van der Waals surface area contributed by atoms with Crippen LogP contribution >= 0.6 is 0 Å². The molecule has 24 heavy (non-hydrogen) atoms. The van der Waals surface area contributed by atoms with Gasteiger partial charge >= 0.3 is 18.0 Å². The highest BCUT2D eigenvalue weighted by molar-refractivity contribution is 5.80. The number of hydrogen-bond donors (Lipinski definition) is 2. The summed E-state index contributed by atoms with van der Waals surface area (Å²) in [5.74, 6) is -0.864. The Morgan fingerprint density at radius 2 is 1.46 bits per heavy atom. The first kappa shape index (κ1) is 22.2. The van der Waals surface area contributed by atoms with Crippen LogP contribution in [0.3, 0.4) is 0 Å². The fourth-order valence-electron chi connectivity index (χ4n) is 1.94. The van der Waals surface area contributed by atoms with E-state index in [4.69, 9.17) is 14.2 Å². The van der Waals surface area contributed by atoms with Gasteiger partial charge in [-0.3, -0.25) is 14.9 Å². The van der Waals surface area contributed by atoms with Crippen molar-refractivity contribution in [3.63, 3.8) is 0 Å². The highest BCUT2D eigenvalue weighted by Crippen LogP contribution is 2.08. The molecule has 0 radical (unpaired) electrons. The largest absolute Gasteiger partial charge is 0.468 e. The smallest absolute Gasteiger partial charge is 0.407 e. The fourth-order valence-corrected chi connectivity index (χ4v) is 1.94. The summed E-state index contributed by atoms with van der Waals surface area (Å²) in [5, 5.41) is 5.38. The van der Waals surface area contributed by atoms with Crippen molar-refractivity contribution < 1.29 is 28.6 Å². The van der Waals surface area contributed by atoms with Crippen LogP contribution in [0.4, 0.5) is 4.79 Å². The summed E-state index contributed by atoms with van der Waals surface area (Å²) < 4.78 is 14.6. The van der Waals surface area contributed by atoms with Crippen LogP contribution in [-0.2, 0) is 23.8 Å². The molecule has 0 rings (SSSR count). The average Bonchev–Trinajstić information content (AvgIpc) is 2.46. The van der Waals surface area contributed by atoms with E-state index in [1.165, 1.54) is 14.2 Å². The van der Waals surface area contributed by atoms with Crippen LogP contribution < -0.4 is 10.6 Å². The molecule has 1 amide bonds. The Balaban J connectivity index is 4.89. The Labute approximate surface area is 143 Å². The molecule has 0 spiro atoms. The van der Waals surface area contributed by atoms with E-state index in [0.717, 1.165) is 0 Å². The zero-order valence-corrected chi connectivity index (χ0v) is 15.6. The Morgan fingerprint density at radius 1 is 0.958 bits per heavy atom. The van der Waals surface area contributed by atoms with Gasteiger partial charge in [-0.2, -0.15) is 0 Å². The molecule has 0 unspecified atom stereocenters. The molecule has 0 saturated heterocycles. The minimum Gasteiger partial charge on any atom is -0.468 e. The van der Waals surface area contributed by atoms with Crippen LogP contribution in [0, 0.1) is 5.92 Å². The van der Waals surface area contributed by atoms with Crippen molar-refractivity contribution in [1.29, 1.82) is 0 Å². The normalized spacial score (nSPS) is 13.8. The fraction of sp³-hybridized carbons (Fsp3) is 0.812. The lowest BCUT2D eigenvalue weighted by atomic mass is 10.0. The van der Waals surface area contributed by atoms with Gasteiger partial charge in [0, 0.05) is 6.54 Å². The maximum absolute atomic E-state index is 11.9. The van der Waals surface area contributed by atoms with Crippen LogP contribution in [0.2, 0.25) is 0 Å². The van der Waals surface area contributed by atoms with E-state index < -0.39 is 35.7 Å². The van der Waals surface area contributed by atoms with Gasteiger partial charge in [-0.15, -0.1) is 0 Å². The maximum atomic E-state index is 11.9. The first-order valence-electron chi connectivity index (χ1n) is 7.88. The number of amides is 1. The average molecular weight is 346 g/mol. The number of esters is 2. The minimum absolute atomic E-state index is 0.0762. The van der Waals surface area contributed by atoms with E-state index in [9.17, 15) is 14.4 Å². The number of ether oxygens (including phenoxy) is 3. The quantitative estimate of drug-likeness (QED) is 0.503. The van der Waals surface area contributed by atoms with Crippen LogP contribution in [0.1, 0.15) is 41.0 Å². The van der Waals surface area contributed by atoms with Gasteiger partial charge in [0.1, 0.15) is 17.7 Å². The molecule has 140 valence electrons. The van der Waals surface area contributed by atoms with E-state index in [-0.39, 0.29) is 12.5 Å². The molecule has 0 aromatic rings. The molecule has 2 N–H and O–H groups in total. The lowest BCUT2D eigenvalue weighted by molar-refractivity contribution is -0.146. The summed E-state index contributed by atoms with van der Waals surface area (Å²) >= 11 is 0. The molecule has 8 nitrogen and oxygen atoms in total. The van der Waals surface area contributed by atoms with E-state index in [0.29, 0.717) is 6.42 Å². The van der Waals surface area contributed by atoms with Gasteiger partial charge < -0.3 is 19.5 Å². The summed E-state index contributed by atoms with van der Waals surface area (Å²) in [6, 6.07) is -1.58. The number of carbonyl (C=O) groups excluding carboxylic acids is 3. The van der Waals surface area contributed by atoms with Gasteiger partial charge in [-0.25, -0.2) is 4.79 Å². The molecule has 2 atom stereocenters. The molecule has 0 heterocycles. The lowest BCUT2D eigenvalue weighted by Gasteiger charge is -2.25. The Kier molecular flexibility index (Phi) is 9.35. The summed E-state index contributed by atoms with van der Waals surface area (Å²) in [6.45, 7) is 9.02. The third kappa shape index (κ3) is 9.34. The van der Waals surface area contributed by atoms with Gasteiger partial charge in [0.15, 0.2) is 0 Å². The maximum Gasteiger partial charge on any atom is 0.407 e. The SMILES string of the molecule is COC(=O)[C@H](CNC(=O)OC(C)(C)C)N[C@@H](CC(C)C)C(=O)OC.